The van der Waals surface area contributed by atoms with Crippen molar-refractivity contribution >= 4 is 11.6 Å². The van der Waals surface area contributed by atoms with E-state index in [1.807, 2.05) is 22.9 Å². The van der Waals surface area contributed by atoms with E-state index in [1.54, 1.807) is 12.5 Å². The van der Waals surface area contributed by atoms with Crippen molar-refractivity contribution in [3.8, 4) is 6.07 Å². The molecule has 80 valence electrons. The van der Waals surface area contributed by atoms with Gasteiger partial charge in [-0.25, -0.2) is 9.97 Å². The zero-order valence-electron chi connectivity index (χ0n) is 8.47. The van der Waals surface area contributed by atoms with Gasteiger partial charge in [0.25, 0.3) is 0 Å². The summed E-state index contributed by atoms with van der Waals surface area (Å²) in [6.07, 6.45) is 5.17. The molecule has 5 heteroatoms. The van der Waals surface area contributed by atoms with Gasteiger partial charge in [-0.3, -0.25) is 0 Å². The minimum absolute atomic E-state index is 0.394. The van der Waals surface area contributed by atoms with Crippen molar-refractivity contribution in [1.82, 2.24) is 14.5 Å². The summed E-state index contributed by atoms with van der Waals surface area (Å²) in [5, 5.41) is 8.89. The molecule has 4 nitrogen and oxygen atoms in total. The van der Waals surface area contributed by atoms with Crippen LogP contribution in [0, 0.1) is 11.3 Å². The van der Waals surface area contributed by atoms with E-state index in [0.717, 1.165) is 11.3 Å². The van der Waals surface area contributed by atoms with Crippen molar-refractivity contribution in [2.75, 3.05) is 0 Å². The molecule has 0 saturated carbocycles. The van der Waals surface area contributed by atoms with E-state index in [-0.39, 0.29) is 0 Å². The molecule has 0 aliphatic heterocycles. The molecule has 0 amide bonds. The van der Waals surface area contributed by atoms with Gasteiger partial charge in [0.05, 0.1) is 24.4 Å². The van der Waals surface area contributed by atoms with Gasteiger partial charge in [-0.15, -0.1) is 11.6 Å². The lowest BCUT2D eigenvalue weighted by atomic mass is 10.2. The van der Waals surface area contributed by atoms with Crippen molar-refractivity contribution in [1.29, 1.82) is 5.26 Å². The number of pyridine rings is 1. The van der Waals surface area contributed by atoms with Crippen LogP contribution in [0.2, 0.25) is 0 Å². The van der Waals surface area contributed by atoms with Gasteiger partial charge in [-0.05, 0) is 6.07 Å². The summed E-state index contributed by atoms with van der Waals surface area (Å²) >= 11 is 5.66. The molecule has 0 aliphatic carbocycles. The van der Waals surface area contributed by atoms with Crippen LogP contribution in [-0.2, 0) is 12.4 Å². The maximum atomic E-state index is 8.89. The molecule has 2 aromatic rings. The third-order valence-corrected chi connectivity index (χ3v) is 2.45. The minimum Gasteiger partial charge on any atom is -0.333 e. The Hall–Kier alpha value is -1.86. The fourth-order valence-electron chi connectivity index (χ4n) is 1.43. The van der Waals surface area contributed by atoms with E-state index in [0.29, 0.717) is 18.1 Å². The first kappa shape index (κ1) is 10.7. The van der Waals surface area contributed by atoms with Crippen molar-refractivity contribution in [2.45, 2.75) is 12.4 Å². The number of aromatic nitrogens is 3. The van der Waals surface area contributed by atoms with Crippen LogP contribution >= 0.6 is 11.6 Å². The normalized spacial score (nSPS) is 10.0. The van der Waals surface area contributed by atoms with Crippen molar-refractivity contribution in [3.63, 3.8) is 0 Å². The predicted octanol–water partition coefficient (Wildman–Crippen LogP) is 1.94. The molecule has 16 heavy (non-hydrogen) atoms. The highest BCUT2D eigenvalue weighted by atomic mass is 35.5. The second-order valence-corrected chi connectivity index (χ2v) is 3.56. The second-order valence-electron chi connectivity index (χ2n) is 3.29. The standard InChI is InChI=1S/C11H9ClN4/c12-4-10-7-16(8-15-10)6-9-2-1-3-14-11(9)5-13/h1-3,7-8H,4,6H2. The molecule has 0 N–H and O–H groups in total. The van der Waals surface area contributed by atoms with Crippen LogP contribution < -0.4 is 0 Å². The molecule has 0 unspecified atom stereocenters. The first-order chi connectivity index (χ1) is 7.83. The average Bonchev–Trinajstić information content (AvgIpc) is 2.77. The maximum absolute atomic E-state index is 8.89. The topological polar surface area (TPSA) is 54.5 Å². The Bertz CT molecular complexity index is 527. The van der Waals surface area contributed by atoms with Gasteiger partial charge in [0, 0.05) is 18.0 Å². The van der Waals surface area contributed by atoms with E-state index in [1.165, 1.54) is 0 Å². The van der Waals surface area contributed by atoms with Crippen LogP contribution in [0.25, 0.3) is 0 Å². The van der Waals surface area contributed by atoms with Crippen molar-refractivity contribution in [2.24, 2.45) is 0 Å². The summed E-state index contributed by atoms with van der Waals surface area (Å²) in [5.41, 5.74) is 2.15. The number of hydrogen-bond acceptors (Lipinski definition) is 3. The minimum atomic E-state index is 0.394. The van der Waals surface area contributed by atoms with Crippen LogP contribution in [0.3, 0.4) is 0 Å². The Morgan fingerprint density at radius 2 is 2.31 bits per heavy atom. The summed E-state index contributed by atoms with van der Waals surface area (Å²) in [5.74, 6) is 0.394. The fourth-order valence-corrected chi connectivity index (χ4v) is 1.56. The first-order valence-corrected chi connectivity index (χ1v) is 5.27. The monoisotopic (exact) mass is 232 g/mol. The zero-order chi connectivity index (χ0) is 11.4. The van der Waals surface area contributed by atoms with Gasteiger partial charge in [0.2, 0.25) is 0 Å². The van der Waals surface area contributed by atoms with Crippen LogP contribution in [0.5, 0.6) is 0 Å². The van der Waals surface area contributed by atoms with Gasteiger partial charge in [0.1, 0.15) is 11.8 Å². The number of halogens is 1. The van der Waals surface area contributed by atoms with Gasteiger partial charge in [-0.1, -0.05) is 6.07 Å². The Kier molecular flexibility index (Phi) is 3.18. The van der Waals surface area contributed by atoms with E-state index in [4.69, 9.17) is 16.9 Å². The SMILES string of the molecule is N#Cc1ncccc1Cn1cnc(CCl)c1. The largest absolute Gasteiger partial charge is 0.333 e. The van der Waals surface area contributed by atoms with Gasteiger partial charge < -0.3 is 4.57 Å². The number of rotatable bonds is 3. The number of nitrogens with zero attached hydrogens (tertiary/aromatic N) is 4. The molecule has 0 aliphatic rings. The molecule has 2 aromatic heterocycles. The molecule has 0 saturated heterocycles. The van der Waals surface area contributed by atoms with Crippen LogP contribution in [0.15, 0.2) is 30.9 Å². The lowest BCUT2D eigenvalue weighted by Crippen LogP contribution is -2.00. The molecule has 2 rings (SSSR count). The number of hydrogen-bond donors (Lipinski definition) is 0. The van der Waals surface area contributed by atoms with E-state index < -0.39 is 0 Å². The van der Waals surface area contributed by atoms with Gasteiger partial charge >= 0.3 is 0 Å². The van der Waals surface area contributed by atoms with E-state index in [2.05, 4.69) is 16.0 Å². The summed E-state index contributed by atoms with van der Waals surface area (Å²) in [6.45, 7) is 0.584. The van der Waals surface area contributed by atoms with Crippen LogP contribution in [0.4, 0.5) is 0 Å². The molecule has 2 heterocycles. The molecular weight excluding hydrogens is 224 g/mol. The zero-order valence-corrected chi connectivity index (χ0v) is 9.22. The molecule has 0 radical (unpaired) electrons. The quantitative estimate of drug-likeness (QED) is 0.760. The highest BCUT2D eigenvalue weighted by Gasteiger charge is 2.03. The maximum Gasteiger partial charge on any atom is 0.145 e. The fraction of sp³-hybridized carbons (Fsp3) is 0.182. The molecule has 0 atom stereocenters. The number of nitriles is 1. The Morgan fingerprint density at radius 3 is 3.00 bits per heavy atom. The average molecular weight is 233 g/mol. The molecule has 0 fully saturated rings. The highest BCUT2D eigenvalue weighted by Crippen LogP contribution is 2.08. The Labute approximate surface area is 98.1 Å². The number of imidazole rings is 1. The molecule has 0 spiro atoms. The molecular formula is C11H9ClN4. The smallest absolute Gasteiger partial charge is 0.145 e. The lowest BCUT2D eigenvalue weighted by molar-refractivity contribution is 0.789. The van der Waals surface area contributed by atoms with Gasteiger partial charge in [0.15, 0.2) is 0 Å². The van der Waals surface area contributed by atoms with E-state index in [9.17, 15) is 0 Å². The van der Waals surface area contributed by atoms with E-state index >= 15 is 0 Å². The van der Waals surface area contributed by atoms with Crippen LogP contribution in [0.1, 0.15) is 17.0 Å². The second kappa shape index (κ2) is 4.77. The van der Waals surface area contributed by atoms with Gasteiger partial charge in [-0.2, -0.15) is 5.26 Å². The molecule has 0 bridgehead atoms. The summed E-state index contributed by atoms with van der Waals surface area (Å²) in [7, 11) is 0. The summed E-state index contributed by atoms with van der Waals surface area (Å²) in [4.78, 5) is 8.11. The van der Waals surface area contributed by atoms with Crippen molar-refractivity contribution in [3.05, 3.63) is 47.8 Å². The highest BCUT2D eigenvalue weighted by molar-refractivity contribution is 6.16. The Morgan fingerprint density at radius 1 is 1.44 bits per heavy atom. The van der Waals surface area contributed by atoms with Crippen LogP contribution in [-0.4, -0.2) is 14.5 Å². The summed E-state index contributed by atoms with van der Waals surface area (Å²) < 4.78 is 1.88. The third kappa shape index (κ3) is 2.20. The third-order valence-electron chi connectivity index (χ3n) is 2.17. The molecule has 0 aromatic carbocycles. The first-order valence-electron chi connectivity index (χ1n) is 4.74. The predicted molar refractivity (Wildman–Crippen MR) is 59.8 cm³/mol. The Balaban J connectivity index is 2.24. The lowest BCUT2D eigenvalue weighted by Gasteiger charge is -2.03. The number of alkyl halides is 1. The van der Waals surface area contributed by atoms with Crippen molar-refractivity contribution < 1.29 is 0 Å². The summed E-state index contributed by atoms with van der Waals surface area (Å²) in [6, 6.07) is 5.76.